The third-order valence-corrected chi connectivity index (χ3v) is 4.86. The Labute approximate surface area is 179 Å². The van der Waals surface area contributed by atoms with Crippen LogP contribution in [0.15, 0.2) is 48.8 Å². The topological polar surface area (TPSA) is 65.4 Å². The van der Waals surface area contributed by atoms with Crippen molar-refractivity contribution in [1.82, 2.24) is 9.78 Å². The lowest BCUT2D eigenvalue weighted by Gasteiger charge is -2.12. The second-order valence-corrected chi connectivity index (χ2v) is 6.91. The summed E-state index contributed by atoms with van der Waals surface area (Å²) in [6.45, 7) is 5.49. The summed E-state index contributed by atoms with van der Waals surface area (Å²) >= 11 is 12.1. The van der Waals surface area contributed by atoms with Gasteiger partial charge in [-0.25, -0.2) is 0 Å². The third-order valence-electron chi connectivity index (χ3n) is 4.04. The highest BCUT2D eigenvalue weighted by molar-refractivity contribution is 6.44. The number of rotatable bonds is 8. The van der Waals surface area contributed by atoms with Gasteiger partial charge >= 0.3 is 0 Å². The van der Waals surface area contributed by atoms with Gasteiger partial charge in [-0.1, -0.05) is 35.3 Å². The minimum absolute atomic E-state index is 0.219. The number of halogens is 2. The first-order valence-electron chi connectivity index (χ1n) is 9.18. The fourth-order valence-electron chi connectivity index (χ4n) is 2.77. The fourth-order valence-corrected chi connectivity index (χ4v) is 3.16. The maximum Gasteiger partial charge on any atom is 0.257 e. The van der Waals surface area contributed by atoms with Crippen LogP contribution in [0.5, 0.6) is 11.5 Å². The number of aromatic nitrogens is 2. The zero-order chi connectivity index (χ0) is 20.8. The minimum Gasteiger partial charge on any atom is -0.490 e. The Morgan fingerprint density at radius 2 is 1.86 bits per heavy atom. The highest BCUT2D eigenvalue weighted by Gasteiger charge is 2.14. The van der Waals surface area contributed by atoms with Crippen LogP contribution in [0, 0.1) is 0 Å². The molecular formula is C21H21Cl2N3O3. The number of hydrogen-bond donors (Lipinski definition) is 1. The molecule has 0 saturated heterocycles. The summed E-state index contributed by atoms with van der Waals surface area (Å²) in [6, 6.07) is 10.7. The van der Waals surface area contributed by atoms with Crippen LogP contribution in [0.4, 0.5) is 5.69 Å². The van der Waals surface area contributed by atoms with Crippen LogP contribution in [0.2, 0.25) is 10.0 Å². The van der Waals surface area contributed by atoms with Crippen molar-refractivity contribution in [2.24, 2.45) is 0 Å². The molecule has 2 aromatic carbocycles. The quantitative estimate of drug-likeness (QED) is 0.524. The molecule has 0 saturated carbocycles. The third kappa shape index (κ3) is 5.22. The Bertz CT molecular complexity index is 1000. The van der Waals surface area contributed by atoms with Gasteiger partial charge in [0.25, 0.3) is 5.91 Å². The maximum atomic E-state index is 12.4. The zero-order valence-electron chi connectivity index (χ0n) is 16.1. The van der Waals surface area contributed by atoms with Crippen molar-refractivity contribution in [2.75, 3.05) is 18.5 Å². The summed E-state index contributed by atoms with van der Waals surface area (Å²) in [6.07, 6.45) is 3.32. The molecule has 0 aliphatic carbocycles. The van der Waals surface area contributed by atoms with Crippen molar-refractivity contribution in [3.63, 3.8) is 0 Å². The van der Waals surface area contributed by atoms with Crippen LogP contribution < -0.4 is 14.8 Å². The number of nitrogens with one attached hydrogen (secondary N) is 1. The van der Waals surface area contributed by atoms with Crippen molar-refractivity contribution in [3.05, 3.63) is 70.0 Å². The van der Waals surface area contributed by atoms with Crippen LogP contribution in [-0.4, -0.2) is 28.9 Å². The molecule has 0 aliphatic rings. The number of anilines is 1. The zero-order valence-corrected chi connectivity index (χ0v) is 17.6. The first kappa shape index (κ1) is 21.0. The summed E-state index contributed by atoms with van der Waals surface area (Å²) in [5.41, 5.74) is 1.86. The number of nitrogens with zero attached hydrogens (tertiary/aromatic N) is 2. The van der Waals surface area contributed by atoms with Crippen LogP contribution >= 0.6 is 23.2 Å². The van der Waals surface area contributed by atoms with E-state index in [1.165, 1.54) is 0 Å². The number of carbonyl (C=O) groups is 1. The van der Waals surface area contributed by atoms with Crippen LogP contribution in [-0.2, 0) is 6.54 Å². The Balaban J connectivity index is 1.71. The van der Waals surface area contributed by atoms with Crippen molar-refractivity contribution >= 4 is 34.8 Å². The van der Waals surface area contributed by atoms with E-state index < -0.39 is 0 Å². The highest BCUT2D eigenvalue weighted by Crippen LogP contribution is 2.29. The van der Waals surface area contributed by atoms with Gasteiger partial charge in [0.2, 0.25) is 0 Å². The lowest BCUT2D eigenvalue weighted by Crippen LogP contribution is -2.12. The largest absolute Gasteiger partial charge is 0.490 e. The van der Waals surface area contributed by atoms with Gasteiger partial charge in [-0.05, 0) is 43.7 Å². The predicted molar refractivity (Wildman–Crippen MR) is 115 cm³/mol. The molecule has 0 bridgehead atoms. The van der Waals surface area contributed by atoms with E-state index in [-0.39, 0.29) is 10.9 Å². The van der Waals surface area contributed by atoms with Crippen molar-refractivity contribution in [2.45, 2.75) is 20.4 Å². The summed E-state index contributed by atoms with van der Waals surface area (Å²) in [4.78, 5) is 12.4. The molecule has 0 atom stereocenters. The van der Waals surface area contributed by atoms with Gasteiger partial charge in [-0.3, -0.25) is 9.48 Å². The van der Waals surface area contributed by atoms with Crippen LogP contribution in [0.25, 0.3) is 0 Å². The standard InChI is InChI=1S/C21H21Cl2N3O3/c1-3-28-18-9-8-14(10-19(18)29-4-2)12-26-13-15(11-24-26)25-21(27)16-6-5-7-17(22)20(16)23/h5-11,13H,3-4,12H2,1-2H3,(H,25,27). The summed E-state index contributed by atoms with van der Waals surface area (Å²) in [5.74, 6) is 1.06. The summed E-state index contributed by atoms with van der Waals surface area (Å²) < 4.78 is 13.0. The average molecular weight is 434 g/mol. The van der Waals surface area contributed by atoms with Gasteiger partial charge in [-0.15, -0.1) is 0 Å². The molecule has 0 fully saturated rings. The van der Waals surface area contributed by atoms with E-state index >= 15 is 0 Å². The van der Waals surface area contributed by atoms with E-state index in [1.807, 2.05) is 32.0 Å². The maximum absolute atomic E-state index is 12.4. The number of hydrogen-bond acceptors (Lipinski definition) is 4. The first-order valence-corrected chi connectivity index (χ1v) is 9.93. The normalized spacial score (nSPS) is 10.6. The van der Waals surface area contributed by atoms with Gasteiger partial charge in [0.05, 0.1) is 47.3 Å². The van der Waals surface area contributed by atoms with Gasteiger partial charge in [0, 0.05) is 6.20 Å². The molecule has 1 heterocycles. The molecule has 6 nitrogen and oxygen atoms in total. The Kier molecular flexibility index (Phi) is 7.01. The fraction of sp³-hybridized carbons (Fsp3) is 0.238. The Morgan fingerprint density at radius 3 is 2.62 bits per heavy atom. The SMILES string of the molecule is CCOc1ccc(Cn2cc(NC(=O)c3cccc(Cl)c3Cl)cn2)cc1OCC. The Morgan fingerprint density at radius 1 is 1.10 bits per heavy atom. The van der Waals surface area contributed by atoms with Gasteiger partial charge in [0.15, 0.2) is 11.5 Å². The van der Waals surface area contributed by atoms with E-state index in [1.54, 1.807) is 35.3 Å². The van der Waals surface area contributed by atoms with E-state index in [0.717, 1.165) is 5.56 Å². The first-order chi connectivity index (χ1) is 14.0. The molecule has 152 valence electrons. The number of benzene rings is 2. The van der Waals surface area contributed by atoms with E-state index in [4.69, 9.17) is 32.7 Å². The number of carbonyl (C=O) groups excluding carboxylic acids is 1. The molecule has 0 aliphatic heterocycles. The van der Waals surface area contributed by atoms with Crippen molar-refractivity contribution in [1.29, 1.82) is 0 Å². The molecule has 29 heavy (non-hydrogen) atoms. The van der Waals surface area contributed by atoms with Crippen LogP contribution in [0.1, 0.15) is 29.8 Å². The summed E-state index contributed by atoms with van der Waals surface area (Å²) in [5, 5.41) is 7.63. The van der Waals surface area contributed by atoms with Gasteiger partial charge in [0.1, 0.15) is 0 Å². The second kappa shape index (κ2) is 9.67. The second-order valence-electron chi connectivity index (χ2n) is 6.13. The molecule has 1 aromatic heterocycles. The molecule has 8 heteroatoms. The average Bonchev–Trinajstić information content (AvgIpc) is 3.13. The summed E-state index contributed by atoms with van der Waals surface area (Å²) in [7, 11) is 0. The lowest BCUT2D eigenvalue weighted by atomic mass is 10.2. The van der Waals surface area contributed by atoms with Crippen molar-refractivity contribution < 1.29 is 14.3 Å². The van der Waals surface area contributed by atoms with E-state index in [9.17, 15) is 4.79 Å². The van der Waals surface area contributed by atoms with E-state index in [0.29, 0.717) is 47.5 Å². The lowest BCUT2D eigenvalue weighted by molar-refractivity contribution is 0.102. The molecule has 3 aromatic rings. The highest BCUT2D eigenvalue weighted by atomic mass is 35.5. The molecule has 1 amide bonds. The monoisotopic (exact) mass is 433 g/mol. The molecule has 0 unspecified atom stereocenters. The molecular weight excluding hydrogens is 413 g/mol. The van der Waals surface area contributed by atoms with Crippen LogP contribution in [0.3, 0.4) is 0 Å². The number of amides is 1. The van der Waals surface area contributed by atoms with E-state index in [2.05, 4.69) is 10.4 Å². The molecule has 3 rings (SSSR count). The molecule has 1 N–H and O–H groups in total. The molecule has 0 spiro atoms. The number of ether oxygens (including phenoxy) is 2. The van der Waals surface area contributed by atoms with Gasteiger partial charge < -0.3 is 14.8 Å². The van der Waals surface area contributed by atoms with Crippen molar-refractivity contribution in [3.8, 4) is 11.5 Å². The smallest absolute Gasteiger partial charge is 0.257 e. The molecule has 0 radical (unpaired) electrons. The Hall–Kier alpha value is -2.70. The predicted octanol–water partition coefficient (Wildman–Crippen LogP) is 5.29. The minimum atomic E-state index is -0.350. The van der Waals surface area contributed by atoms with Gasteiger partial charge in [-0.2, -0.15) is 5.10 Å².